The van der Waals surface area contributed by atoms with Gasteiger partial charge in [0, 0.05) is 12.0 Å². The number of anilines is 1. The molecule has 94 valence electrons. The van der Waals surface area contributed by atoms with E-state index < -0.39 is 0 Å². The van der Waals surface area contributed by atoms with Crippen molar-refractivity contribution in [3.05, 3.63) is 5.69 Å². The average molecular weight is 273 g/mol. The summed E-state index contributed by atoms with van der Waals surface area (Å²) in [7, 11) is 0. The molecule has 1 fully saturated rings. The molecule has 1 saturated heterocycles. The molecule has 0 aromatic carbocycles. The summed E-state index contributed by atoms with van der Waals surface area (Å²) in [5.41, 5.74) is 6.16. The molecule has 2 rings (SSSR count). The first kappa shape index (κ1) is 12.7. The van der Waals surface area contributed by atoms with E-state index in [9.17, 15) is 4.79 Å². The molecular formula is C10H15N3O2S2. The van der Waals surface area contributed by atoms with E-state index in [0.717, 1.165) is 4.34 Å². The van der Waals surface area contributed by atoms with E-state index in [1.165, 1.54) is 23.1 Å². The van der Waals surface area contributed by atoms with Crippen molar-refractivity contribution in [1.29, 1.82) is 0 Å². The Balaban J connectivity index is 1.96. The normalized spacial score (nSPS) is 17.5. The third-order valence-corrected chi connectivity index (χ3v) is 4.47. The number of thiazole rings is 1. The summed E-state index contributed by atoms with van der Waals surface area (Å²) in [6.45, 7) is 4.05. The van der Waals surface area contributed by atoms with Crippen LogP contribution < -0.4 is 11.1 Å². The molecule has 1 aliphatic rings. The average Bonchev–Trinajstić information content (AvgIpc) is 2.65. The molecule has 0 saturated carbocycles. The molecule has 5 nitrogen and oxygen atoms in total. The molecule has 7 heteroatoms. The second kappa shape index (κ2) is 4.83. The summed E-state index contributed by atoms with van der Waals surface area (Å²) in [6, 6.07) is 0. The number of hydrogen-bond donors (Lipinski definition) is 2. The van der Waals surface area contributed by atoms with Crippen molar-refractivity contribution in [3.63, 3.8) is 0 Å². The molecule has 0 spiro atoms. The van der Waals surface area contributed by atoms with E-state index in [1.807, 2.05) is 6.26 Å². The first-order valence-corrected chi connectivity index (χ1v) is 7.24. The number of carbonyl (C=O) groups is 1. The van der Waals surface area contributed by atoms with Gasteiger partial charge in [-0.1, -0.05) is 30.0 Å². The molecule has 0 aliphatic carbocycles. The number of thioether (sulfide) groups is 1. The van der Waals surface area contributed by atoms with Crippen LogP contribution in [-0.4, -0.2) is 36.9 Å². The van der Waals surface area contributed by atoms with Crippen molar-refractivity contribution in [2.75, 3.05) is 31.7 Å². The molecule has 0 bridgehead atoms. The first-order chi connectivity index (χ1) is 8.04. The van der Waals surface area contributed by atoms with E-state index in [0.29, 0.717) is 30.5 Å². The number of nitrogen functional groups attached to an aromatic ring is 1. The van der Waals surface area contributed by atoms with Crippen LogP contribution in [0.1, 0.15) is 17.4 Å². The summed E-state index contributed by atoms with van der Waals surface area (Å²) >= 11 is 2.83. The van der Waals surface area contributed by atoms with Crippen molar-refractivity contribution in [2.24, 2.45) is 5.41 Å². The van der Waals surface area contributed by atoms with Gasteiger partial charge in [-0.25, -0.2) is 4.98 Å². The number of ether oxygens (including phenoxy) is 1. The number of aromatic nitrogens is 1. The van der Waals surface area contributed by atoms with E-state index >= 15 is 0 Å². The predicted octanol–water partition coefficient (Wildman–Crippen LogP) is 1.21. The van der Waals surface area contributed by atoms with Crippen LogP contribution in [0.25, 0.3) is 0 Å². The summed E-state index contributed by atoms with van der Waals surface area (Å²) in [5.74, 6) is -0.202. The number of carbonyl (C=O) groups excluding carboxylic acids is 1. The maximum absolute atomic E-state index is 11.9. The number of rotatable bonds is 4. The number of nitrogens with two attached hydrogens (primary N) is 1. The largest absolute Gasteiger partial charge is 0.389 e. The van der Waals surface area contributed by atoms with Crippen molar-refractivity contribution < 1.29 is 9.53 Å². The minimum Gasteiger partial charge on any atom is -0.389 e. The molecule has 0 radical (unpaired) electrons. The minimum absolute atomic E-state index is 0.0583. The Bertz CT molecular complexity index is 429. The highest BCUT2D eigenvalue weighted by Gasteiger charge is 2.34. The minimum atomic E-state index is -0.202. The Labute approximate surface area is 108 Å². The summed E-state index contributed by atoms with van der Waals surface area (Å²) in [6.07, 6.45) is 1.91. The first-order valence-electron chi connectivity index (χ1n) is 5.20. The van der Waals surface area contributed by atoms with E-state index in [2.05, 4.69) is 17.2 Å². The SMILES string of the molecule is CSc1nc(C(=O)NCC2(C)COC2)c(N)s1. The van der Waals surface area contributed by atoms with Crippen LogP contribution in [0.4, 0.5) is 5.00 Å². The van der Waals surface area contributed by atoms with Crippen LogP contribution in [0.2, 0.25) is 0 Å². The van der Waals surface area contributed by atoms with Crippen LogP contribution in [0.15, 0.2) is 4.34 Å². The predicted molar refractivity (Wildman–Crippen MR) is 69.6 cm³/mol. The van der Waals surface area contributed by atoms with E-state index in [1.54, 1.807) is 0 Å². The van der Waals surface area contributed by atoms with Gasteiger partial charge >= 0.3 is 0 Å². The highest BCUT2D eigenvalue weighted by molar-refractivity contribution is 8.00. The second-order valence-electron chi connectivity index (χ2n) is 4.38. The molecular weight excluding hydrogens is 258 g/mol. The van der Waals surface area contributed by atoms with Crippen molar-refractivity contribution in [3.8, 4) is 0 Å². The fourth-order valence-corrected chi connectivity index (χ4v) is 2.84. The lowest BCUT2D eigenvalue weighted by Crippen LogP contribution is -2.48. The summed E-state index contributed by atoms with van der Waals surface area (Å²) in [4.78, 5) is 16.1. The van der Waals surface area contributed by atoms with E-state index in [-0.39, 0.29) is 11.3 Å². The fourth-order valence-electron chi connectivity index (χ4n) is 1.49. The number of amides is 1. The van der Waals surface area contributed by atoms with Gasteiger partial charge in [0.05, 0.1) is 13.2 Å². The molecule has 0 unspecified atom stereocenters. The molecule has 3 N–H and O–H groups in total. The third kappa shape index (κ3) is 2.72. The summed E-state index contributed by atoms with van der Waals surface area (Å²) < 4.78 is 5.94. The maximum atomic E-state index is 11.9. The van der Waals surface area contributed by atoms with Crippen molar-refractivity contribution in [2.45, 2.75) is 11.3 Å². The van der Waals surface area contributed by atoms with Crippen LogP contribution >= 0.6 is 23.1 Å². The van der Waals surface area contributed by atoms with Gasteiger partial charge in [0.15, 0.2) is 10.0 Å². The lowest BCUT2D eigenvalue weighted by Gasteiger charge is -2.37. The lowest BCUT2D eigenvalue weighted by molar-refractivity contribution is -0.0978. The van der Waals surface area contributed by atoms with E-state index in [4.69, 9.17) is 10.5 Å². The maximum Gasteiger partial charge on any atom is 0.273 e. The Morgan fingerprint density at radius 3 is 2.88 bits per heavy atom. The Kier molecular flexibility index (Phi) is 3.60. The van der Waals surface area contributed by atoms with Gasteiger partial charge < -0.3 is 15.8 Å². The summed E-state index contributed by atoms with van der Waals surface area (Å²) in [5, 5.41) is 3.33. The van der Waals surface area contributed by atoms with Crippen LogP contribution in [0.5, 0.6) is 0 Å². The van der Waals surface area contributed by atoms with Crippen LogP contribution in [0, 0.1) is 5.41 Å². The van der Waals surface area contributed by atoms with Gasteiger partial charge in [0.2, 0.25) is 0 Å². The Morgan fingerprint density at radius 2 is 2.41 bits per heavy atom. The topological polar surface area (TPSA) is 77.2 Å². The third-order valence-electron chi connectivity index (χ3n) is 2.60. The van der Waals surface area contributed by atoms with Gasteiger partial charge in [-0.2, -0.15) is 0 Å². The second-order valence-corrected chi connectivity index (χ2v) is 6.47. The molecule has 1 aliphatic heterocycles. The Hall–Kier alpha value is -0.790. The zero-order valence-corrected chi connectivity index (χ0v) is 11.4. The lowest BCUT2D eigenvalue weighted by atomic mass is 9.89. The molecule has 1 amide bonds. The van der Waals surface area contributed by atoms with Crippen molar-refractivity contribution in [1.82, 2.24) is 10.3 Å². The molecule has 17 heavy (non-hydrogen) atoms. The van der Waals surface area contributed by atoms with Crippen LogP contribution in [-0.2, 0) is 4.74 Å². The number of nitrogens with one attached hydrogen (secondary N) is 1. The molecule has 0 atom stereocenters. The standard InChI is InChI=1S/C10H15N3O2S2/c1-10(4-15-5-10)3-12-8(14)6-7(11)17-9(13-6)16-2/h3-5,11H2,1-2H3,(H,12,14). The van der Waals surface area contributed by atoms with Gasteiger partial charge in [-0.05, 0) is 6.26 Å². The van der Waals surface area contributed by atoms with Gasteiger partial charge in [0.25, 0.3) is 5.91 Å². The van der Waals surface area contributed by atoms with Crippen LogP contribution in [0.3, 0.4) is 0 Å². The number of hydrogen-bond acceptors (Lipinski definition) is 6. The van der Waals surface area contributed by atoms with Gasteiger partial charge in [0.1, 0.15) is 5.00 Å². The number of nitrogens with zero attached hydrogens (tertiary/aromatic N) is 1. The van der Waals surface area contributed by atoms with Crippen molar-refractivity contribution >= 4 is 34.0 Å². The quantitative estimate of drug-likeness (QED) is 0.806. The van der Waals surface area contributed by atoms with Gasteiger partial charge in [-0.15, -0.1) is 0 Å². The highest BCUT2D eigenvalue weighted by atomic mass is 32.2. The fraction of sp³-hybridized carbons (Fsp3) is 0.600. The molecule has 1 aromatic rings. The molecule has 2 heterocycles. The zero-order chi connectivity index (χ0) is 12.5. The molecule has 1 aromatic heterocycles. The zero-order valence-electron chi connectivity index (χ0n) is 9.78. The Morgan fingerprint density at radius 1 is 1.71 bits per heavy atom. The monoisotopic (exact) mass is 273 g/mol. The highest BCUT2D eigenvalue weighted by Crippen LogP contribution is 2.28. The smallest absolute Gasteiger partial charge is 0.273 e. The van der Waals surface area contributed by atoms with Gasteiger partial charge in [-0.3, -0.25) is 4.79 Å².